The van der Waals surface area contributed by atoms with Crippen molar-refractivity contribution < 1.29 is 9.18 Å². The number of nitrogens with one attached hydrogen (secondary N) is 1. The van der Waals surface area contributed by atoms with Crippen LogP contribution in [-0.4, -0.2) is 20.7 Å². The van der Waals surface area contributed by atoms with E-state index in [-0.39, 0.29) is 11.7 Å². The molecule has 3 aromatic carbocycles. The predicted molar refractivity (Wildman–Crippen MR) is 125 cm³/mol. The second kappa shape index (κ2) is 10.2. The van der Waals surface area contributed by atoms with Crippen LogP contribution in [-0.2, 0) is 17.8 Å². The van der Waals surface area contributed by atoms with Crippen molar-refractivity contribution in [1.82, 2.24) is 14.8 Å². The SMILES string of the molecule is CCn1c(Cc2ccccc2)nnc1SC(C(=O)Nc1ccc(F)cc1)c1ccccc1. The molecule has 0 bridgehead atoms. The zero-order chi connectivity index (χ0) is 22.3. The van der Waals surface area contributed by atoms with E-state index in [1.807, 2.05) is 60.0 Å². The lowest BCUT2D eigenvalue weighted by molar-refractivity contribution is -0.115. The van der Waals surface area contributed by atoms with Crippen LogP contribution >= 0.6 is 11.8 Å². The van der Waals surface area contributed by atoms with Gasteiger partial charge in [-0.15, -0.1) is 10.2 Å². The van der Waals surface area contributed by atoms with E-state index in [4.69, 9.17) is 0 Å². The average Bonchev–Trinajstić information content (AvgIpc) is 3.21. The number of hydrogen-bond donors (Lipinski definition) is 1. The van der Waals surface area contributed by atoms with Crippen molar-refractivity contribution in [3.8, 4) is 0 Å². The van der Waals surface area contributed by atoms with Gasteiger partial charge in [-0.1, -0.05) is 72.4 Å². The molecule has 32 heavy (non-hydrogen) atoms. The summed E-state index contributed by atoms with van der Waals surface area (Å²) in [6.45, 7) is 2.73. The highest BCUT2D eigenvalue weighted by atomic mass is 32.2. The monoisotopic (exact) mass is 446 g/mol. The second-order valence-electron chi connectivity index (χ2n) is 7.21. The first kappa shape index (κ1) is 21.8. The van der Waals surface area contributed by atoms with Gasteiger partial charge in [0.05, 0.1) is 0 Å². The van der Waals surface area contributed by atoms with E-state index in [1.54, 1.807) is 12.1 Å². The van der Waals surface area contributed by atoms with Crippen LogP contribution < -0.4 is 5.32 Å². The molecule has 0 aliphatic rings. The van der Waals surface area contributed by atoms with Gasteiger partial charge >= 0.3 is 0 Å². The third-order valence-corrected chi connectivity index (χ3v) is 6.23. The molecule has 1 atom stereocenters. The molecule has 0 aliphatic heterocycles. The maximum atomic E-state index is 13.2. The number of nitrogens with zero attached hydrogens (tertiary/aromatic N) is 3. The van der Waals surface area contributed by atoms with Crippen LogP contribution in [0.3, 0.4) is 0 Å². The molecule has 0 spiro atoms. The van der Waals surface area contributed by atoms with Crippen molar-refractivity contribution >= 4 is 23.4 Å². The molecule has 0 fully saturated rings. The van der Waals surface area contributed by atoms with Crippen molar-refractivity contribution in [2.75, 3.05) is 5.32 Å². The molecular weight excluding hydrogens is 423 g/mol. The average molecular weight is 447 g/mol. The molecule has 1 unspecified atom stereocenters. The normalized spacial score (nSPS) is 11.8. The van der Waals surface area contributed by atoms with Gasteiger partial charge in [-0.3, -0.25) is 4.79 Å². The summed E-state index contributed by atoms with van der Waals surface area (Å²) in [6, 6.07) is 25.4. The summed E-state index contributed by atoms with van der Waals surface area (Å²) in [6.07, 6.45) is 0.667. The van der Waals surface area contributed by atoms with Crippen LogP contribution in [0.25, 0.3) is 0 Å². The molecule has 1 N–H and O–H groups in total. The van der Waals surface area contributed by atoms with Crippen molar-refractivity contribution in [3.05, 3.63) is 108 Å². The van der Waals surface area contributed by atoms with E-state index in [9.17, 15) is 9.18 Å². The van der Waals surface area contributed by atoms with Gasteiger partial charge < -0.3 is 9.88 Å². The molecule has 5 nitrogen and oxygen atoms in total. The number of benzene rings is 3. The second-order valence-corrected chi connectivity index (χ2v) is 8.28. The van der Waals surface area contributed by atoms with Gasteiger partial charge in [0.15, 0.2) is 5.16 Å². The van der Waals surface area contributed by atoms with Gasteiger partial charge in [0, 0.05) is 18.7 Å². The van der Waals surface area contributed by atoms with Gasteiger partial charge in [0.2, 0.25) is 5.91 Å². The first-order valence-electron chi connectivity index (χ1n) is 10.4. The highest BCUT2D eigenvalue weighted by Crippen LogP contribution is 2.36. The van der Waals surface area contributed by atoms with Crippen LogP contribution in [0.1, 0.15) is 29.1 Å². The largest absolute Gasteiger partial charge is 0.325 e. The molecule has 4 aromatic rings. The van der Waals surface area contributed by atoms with Gasteiger partial charge in [-0.25, -0.2) is 4.39 Å². The predicted octanol–water partition coefficient (Wildman–Crippen LogP) is 5.50. The molecule has 0 saturated carbocycles. The van der Waals surface area contributed by atoms with Gasteiger partial charge in [-0.2, -0.15) is 0 Å². The molecule has 7 heteroatoms. The van der Waals surface area contributed by atoms with E-state index in [2.05, 4.69) is 27.6 Å². The van der Waals surface area contributed by atoms with Crippen molar-refractivity contribution in [2.45, 2.75) is 30.3 Å². The lowest BCUT2D eigenvalue weighted by atomic mass is 10.1. The summed E-state index contributed by atoms with van der Waals surface area (Å²) in [5, 5.41) is 11.8. The fraction of sp³-hybridized carbons (Fsp3) is 0.160. The molecule has 162 valence electrons. The summed E-state index contributed by atoms with van der Waals surface area (Å²) < 4.78 is 15.3. The number of thioether (sulfide) groups is 1. The lowest BCUT2D eigenvalue weighted by Gasteiger charge is -2.17. The van der Waals surface area contributed by atoms with Gasteiger partial charge in [0.1, 0.15) is 16.9 Å². The molecule has 1 heterocycles. The number of carbonyl (C=O) groups is 1. The maximum Gasteiger partial charge on any atom is 0.242 e. The zero-order valence-electron chi connectivity index (χ0n) is 17.6. The minimum atomic E-state index is -0.541. The smallest absolute Gasteiger partial charge is 0.242 e. The minimum Gasteiger partial charge on any atom is -0.325 e. The zero-order valence-corrected chi connectivity index (χ0v) is 18.4. The van der Waals surface area contributed by atoms with Gasteiger partial charge in [0.25, 0.3) is 0 Å². The quantitative estimate of drug-likeness (QED) is 0.363. The number of anilines is 1. The maximum absolute atomic E-state index is 13.2. The highest BCUT2D eigenvalue weighted by Gasteiger charge is 2.25. The van der Waals surface area contributed by atoms with Crippen LogP contribution in [0.5, 0.6) is 0 Å². The van der Waals surface area contributed by atoms with Crippen LogP contribution in [0.2, 0.25) is 0 Å². The first-order valence-corrected chi connectivity index (χ1v) is 11.3. The lowest BCUT2D eigenvalue weighted by Crippen LogP contribution is -2.19. The number of carbonyl (C=O) groups excluding carboxylic acids is 1. The number of hydrogen-bond acceptors (Lipinski definition) is 4. The van der Waals surface area contributed by atoms with E-state index in [0.29, 0.717) is 23.8 Å². The van der Waals surface area contributed by atoms with E-state index < -0.39 is 5.25 Å². The Morgan fingerprint density at radius 2 is 1.62 bits per heavy atom. The molecule has 0 aliphatic carbocycles. The Balaban J connectivity index is 1.60. The summed E-state index contributed by atoms with van der Waals surface area (Å²) in [7, 11) is 0. The van der Waals surface area contributed by atoms with E-state index >= 15 is 0 Å². The Labute approximate surface area is 190 Å². The summed E-state index contributed by atoms with van der Waals surface area (Å²) in [4.78, 5) is 13.2. The summed E-state index contributed by atoms with van der Waals surface area (Å²) in [5.74, 6) is 0.300. The van der Waals surface area contributed by atoms with Crippen molar-refractivity contribution in [1.29, 1.82) is 0 Å². The fourth-order valence-electron chi connectivity index (χ4n) is 3.38. The molecule has 0 radical (unpaired) electrons. The Kier molecular flexibility index (Phi) is 6.97. The van der Waals surface area contributed by atoms with Crippen molar-refractivity contribution in [2.24, 2.45) is 0 Å². The van der Waals surface area contributed by atoms with E-state index in [1.165, 1.54) is 23.9 Å². The topological polar surface area (TPSA) is 59.8 Å². The Hall–Kier alpha value is -3.45. The van der Waals surface area contributed by atoms with Gasteiger partial charge in [-0.05, 0) is 42.3 Å². The number of rotatable bonds is 8. The number of amides is 1. The standard InChI is InChI=1S/C25H23FN4OS/c1-2-30-22(17-18-9-5-3-6-10-18)28-29-25(30)32-23(19-11-7-4-8-12-19)24(31)27-21-15-13-20(26)14-16-21/h3-16,23H,2,17H2,1H3,(H,27,31). The minimum absolute atomic E-state index is 0.205. The van der Waals surface area contributed by atoms with Crippen LogP contribution in [0.15, 0.2) is 90.1 Å². The third kappa shape index (κ3) is 5.23. The highest BCUT2D eigenvalue weighted by molar-refractivity contribution is 8.00. The Morgan fingerprint density at radius 1 is 0.969 bits per heavy atom. The molecule has 1 amide bonds. The van der Waals surface area contributed by atoms with Crippen LogP contribution in [0, 0.1) is 5.82 Å². The molecule has 1 aromatic heterocycles. The number of halogens is 1. The van der Waals surface area contributed by atoms with Crippen molar-refractivity contribution in [3.63, 3.8) is 0 Å². The summed E-state index contributed by atoms with van der Waals surface area (Å²) >= 11 is 1.36. The fourth-order valence-corrected chi connectivity index (χ4v) is 4.50. The van der Waals surface area contributed by atoms with Crippen LogP contribution in [0.4, 0.5) is 10.1 Å². The third-order valence-electron chi connectivity index (χ3n) is 4.99. The molecule has 0 saturated heterocycles. The Morgan fingerprint density at radius 3 is 2.28 bits per heavy atom. The number of aromatic nitrogens is 3. The molecule has 4 rings (SSSR count). The van der Waals surface area contributed by atoms with E-state index in [0.717, 1.165) is 17.0 Å². The molecular formula is C25H23FN4OS. The Bertz CT molecular complexity index is 1160. The first-order chi connectivity index (χ1) is 15.6. The summed E-state index contributed by atoms with van der Waals surface area (Å²) in [5.41, 5.74) is 2.55.